The number of fused-ring (bicyclic) bond motifs is 3. The molecule has 38 heavy (non-hydrogen) atoms. The Morgan fingerprint density at radius 1 is 1.05 bits per heavy atom. The second-order valence-corrected chi connectivity index (χ2v) is 12.3. The topological polar surface area (TPSA) is 101 Å². The minimum Gasteiger partial charge on any atom is -0.368 e. The molecule has 1 aromatic carbocycles. The van der Waals surface area contributed by atoms with Crippen molar-refractivity contribution in [3.8, 4) is 5.82 Å². The third-order valence-electron chi connectivity index (χ3n) is 8.41. The molecule has 7 rings (SSSR count). The summed E-state index contributed by atoms with van der Waals surface area (Å²) < 4.78 is 2.34. The number of nitrogens with zero attached hydrogens (tertiary/aromatic N) is 7. The zero-order valence-electron chi connectivity index (χ0n) is 21.1. The molecular weight excluding hydrogens is 541 g/mol. The van der Waals surface area contributed by atoms with E-state index in [9.17, 15) is 0 Å². The van der Waals surface area contributed by atoms with Crippen molar-refractivity contribution < 1.29 is 0 Å². The summed E-state index contributed by atoms with van der Waals surface area (Å²) in [5, 5.41) is 10.6. The van der Waals surface area contributed by atoms with Crippen LogP contribution in [0.5, 0.6) is 0 Å². The summed E-state index contributed by atoms with van der Waals surface area (Å²) in [5.41, 5.74) is 9.87. The number of hydrogen-bond acceptors (Lipinski definition) is 9. The second-order valence-electron chi connectivity index (χ2n) is 10.7. The van der Waals surface area contributed by atoms with E-state index in [1.165, 1.54) is 41.7 Å². The molecule has 3 aromatic heterocycles. The van der Waals surface area contributed by atoms with Crippen molar-refractivity contribution in [3.63, 3.8) is 0 Å². The summed E-state index contributed by atoms with van der Waals surface area (Å²) in [5.74, 6) is 2.97. The van der Waals surface area contributed by atoms with Crippen LogP contribution in [-0.2, 0) is 0 Å². The van der Waals surface area contributed by atoms with Gasteiger partial charge in [0.25, 0.3) is 0 Å². The van der Waals surface area contributed by atoms with Crippen LogP contribution in [0.25, 0.3) is 16.0 Å². The van der Waals surface area contributed by atoms with Crippen LogP contribution in [0.3, 0.4) is 0 Å². The molecule has 3 fully saturated rings. The number of hydrogen-bond donors (Lipinski definition) is 2. The van der Waals surface area contributed by atoms with Gasteiger partial charge in [-0.3, -0.25) is 4.90 Å². The lowest BCUT2D eigenvalue weighted by Gasteiger charge is -2.42. The lowest BCUT2D eigenvalue weighted by atomic mass is 9.93. The highest BCUT2D eigenvalue weighted by molar-refractivity contribution is 7.17. The minimum absolute atomic E-state index is 0.136. The number of nitrogen functional groups attached to an aromatic ring is 1. The Hall–Kier alpha value is -2.66. The van der Waals surface area contributed by atoms with Crippen molar-refractivity contribution in [2.45, 2.75) is 38.6 Å². The van der Waals surface area contributed by atoms with Gasteiger partial charge in [-0.25, -0.2) is 4.98 Å². The van der Waals surface area contributed by atoms with Crippen LogP contribution in [0.2, 0.25) is 10.3 Å². The SMILES string of the molecule is Cc1csc2c(-n3nc(Nc4ccc(N5CCN([C@@H]6C[C@H]7CC[C@@H]6C7)CC5)c(Cl)c4)nc3N)nc(Cl)nc12. The molecule has 3 atom stereocenters. The molecule has 4 aromatic rings. The van der Waals surface area contributed by atoms with E-state index in [0.717, 1.165) is 71.2 Å². The van der Waals surface area contributed by atoms with Crippen LogP contribution in [0.15, 0.2) is 23.6 Å². The average molecular weight is 571 g/mol. The van der Waals surface area contributed by atoms with Gasteiger partial charge < -0.3 is 16.0 Å². The molecule has 0 spiro atoms. The molecule has 4 heterocycles. The number of piperazine rings is 1. The van der Waals surface area contributed by atoms with E-state index in [1.807, 2.05) is 24.4 Å². The number of benzene rings is 1. The molecule has 198 valence electrons. The van der Waals surface area contributed by atoms with Crippen molar-refractivity contribution in [3.05, 3.63) is 39.4 Å². The largest absolute Gasteiger partial charge is 0.368 e. The summed E-state index contributed by atoms with van der Waals surface area (Å²) in [4.78, 5) is 18.2. The van der Waals surface area contributed by atoms with E-state index in [-0.39, 0.29) is 11.2 Å². The average Bonchev–Trinajstić information content (AvgIpc) is 3.69. The molecule has 2 aliphatic carbocycles. The van der Waals surface area contributed by atoms with E-state index in [0.29, 0.717) is 16.8 Å². The third-order valence-corrected chi connectivity index (χ3v) is 9.96. The van der Waals surface area contributed by atoms with Gasteiger partial charge >= 0.3 is 0 Å². The normalized spacial score (nSPS) is 23.6. The zero-order chi connectivity index (χ0) is 26.0. The number of halogens is 2. The standard InChI is InChI=1S/C26H29Cl2N9S/c1-14-13-38-22-21(14)31-24(28)32-23(22)37-25(29)33-26(34-37)30-17-4-5-19(18(27)12-17)35-6-8-36(9-7-35)20-11-15-2-3-16(20)10-15/h4-5,12-13,15-16,20H,2-3,6-11H2,1H3,(H3,29,30,33,34)/t15-,16+,20+/m0/s1. The van der Waals surface area contributed by atoms with E-state index in [2.05, 4.69) is 41.2 Å². The first kappa shape index (κ1) is 24.4. The highest BCUT2D eigenvalue weighted by atomic mass is 35.5. The van der Waals surface area contributed by atoms with Crippen LogP contribution in [-0.4, -0.2) is 61.9 Å². The molecule has 9 nitrogen and oxygen atoms in total. The van der Waals surface area contributed by atoms with Gasteiger partial charge in [0.05, 0.1) is 20.9 Å². The highest BCUT2D eigenvalue weighted by Crippen LogP contribution is 2.47. The summed E-state index contributed by atoms with van der Waals surface area (Å²) in [6.07, 6.45) is 5.74. The Kier molecular flexibility index (Phi) is 6.11. The predicted molar refractivity (Wildman–Crippen MR) is 154 cm³/mol. The van der Waals surface area contributed by atoms with Gasteiger partial charge in [-0.05, 0) is 78.8 Å². The maximum absolute atomic E-state index is 6.77. The molecule has 1 saturated heterocycles. The van der Waals surface area contributed by atoms with Crippen molar-refractivity contribution in [2.75, 3.05) is 42.1 Å². The Morgan fingerprint density at radius 2 is 1.89 bits per heavy atom. The zero-order valence-corrected chi connectivity index (χ0v) is 23.4. The number of nitrogens with one attached hydrogen (secondary N) is 1. The Labute approximate surface area is 235 Å². The number of nitrogens with two attached hydrogens (primary N) is 1. The second kappa shape index (κ2) is 9.51. The third kappa shape index (κ3) is 4.27. The first-order chi connectivity index (χ1) is 18.4. The Morgan fingerprint density at radius 3 is 2.63 bits per heavy atom. The molecule has 3 N–H and O–H groups in total. The van der Waals surface area contributed by atoms with Crippen molar-refractivity contribution in [2.24, 2.45) is 11.8 Å². The molecule has 12 heteroatoms. The van der Waals surface area contributed by atoms with Crippen LogP contribution in [0.1, 0.15) is 31.2 Å². The molecule has 0 amide bonds. The van der Waals surface area contributed by atoms with Crippen LogP contribution in [0.4, 0.5) is 23.3 Å². The fourth-order valence-corrected chi connectivity index (χ4v) is 8.02. The monoisotopic (exact) mass is 569 g/mol. The highest BCUT2D eigenvalue weighted by Gasteiger charge is 2.42. The molecule has 3 aliphatic rings. The Balaban J connectivity index is 1.05. The maximum Gasteiger partial charge on any atom is 0.248 e. The number of aryl methyl sites for hydroxylation is 1. The Bertz CT molecular complexity index is 1510. The lowest BCUT2D eigenvalue weighted by Crippen LogP contribution is -2.51. The minimum atomic E-state index is 0.136. The maximum atomic E-state index is 6.77. The number of aromatic nitrogens is 5. The first-order valence-electron chi connectivity index (χ1n) is 13.1. The number of rotatable bonds is 5. The van der Waals surface area contributed by atoms with E-state index >= 15 is 0 Å². The predicted octanol–water partition coefficient (Wildman–Crippen LogP) is 5.52. The van der Waals surface area contributed by atoms with Gasteiger partial charge in [-0.2, -0.15) is 14.6 Å². The van der Waals surface area contributed by atoms with Gasteiger partial charge in [0.15, 0.2) is 5.82 Å². The van der Waals surface area contributed by atoms with Crippen LogP contribution < -0.4 is 16.0 Å². The van der Waals surface area contributed by atoms with Crippen molar-refractivity contribution in [1.29, 1.82) is 0 Å². The summed E-state index contributed by atoms with van der Waals surface area (Å²) in [7, 11) is 0. The summed E-state index contributed by atoms with van der Waals surface area (Å²) in [6, 6.07) is 6.79. The molecule has 0 unspecified atom stereocenters. The quantitative estimate of drug-likeness (QED) is 0.303. The lowest BCUT2D eigenvalue weighted by molar-refractivity contribution is 0.135. The fraction of sp³-hybridized carbons (Fsp3) is 0.462. The van der Waals surface area contributed by atoms with E-state index in [1.54, 1.807) is 0 Å². The van der Waals surface area contributed by atoms with Gasteiger partial charge in [-0.15, -0.1) is 16.4 Å². The van der Waals surface area contributed by atoms with E-state index in [4.69, 9.17) is 28.9 Å². The van der Waals surface area contributed by atoms with Gasteiger partial charge in [0, 0.05) is 37.9 Å². The number of thiophene rings is 1. The van der Waals surface area contributed by atoms with Crippen LogP contribution >= 0.6 is 34.5 Å². The smallest absolute Gasteiger partial charge is 0.248 e. The molecular formula is C26H29Cl2N9S. The van der Waals surface area contributed by atoms with Crippen molar-refractivity contribution in [1.82, 2.24) is 29.6 Å². The van der Waals surface area contributed by atoms with Gasteiger partial charge in [0.2, 0.25) is 17.2 Å². The van der Waals surface area contributed by atoms with Gasteiger partial charge in [-0.1, -0.05) is 18.0 Å². The van der Waals surface area contributed by atoms with Gasteiger partial charge in [0.1, 0.15) is 0 Å². The van der Waals surface area contributed by atoms with Crippen molar-refractivity contribution >= 4 is 68.0 Å². The first-order valence-corrected chi connectivity index (χ1v) is 14.8. The molecule has 0 radical (unpaired) electrons. The summed E-state index contributed by atoms with van der Waals surface area (Å²) >= 11 is 14.5. The van der Waals surface area contributed by atoms with E-state index < -0.39 is 0 Å². The number of anilines is 4. The fourth-order valence-electron chi connectivity index (χ4n) is 6.59. The molecule has 1 aliphatic heterocycles. The molecule has 2 saturated carbocycles. The molecule has 2 bridgehead atoms. The summed E-state index contributed by atoms with van der Waals surface area (Å²) in [6.45, 7) is 6.20. The van der Waals surface area contributed by atoms with Crippen LogP contribution in [0, 0.1) is 18.8 Å².